The molecule has 3 aromatic carbocycles. The van der Waals surface area contributed by atoms with E-state index in [1.54, 1.807) is 0 Å². The zero-order chi connectivity index (χ0) is 16.4. The smallest absolute Gasteiger partial charge is 0.0831 e. The van der Waals surface area contributed by atoms with Crippen molar-refractivity contribution in [1.82, 2.24) is 0 Å². The fourth-order valence-electron chi connectivity index (χ4n) is 3.11. The van der Waals surface area contributed by atoms with E-state index in [-0.39, 0.29) is 6.04 Å². The van der Waals surface area contributed by atoms with Crippen molar-refractivity contribution in [1.29, 1.82) is 0 Å². The first-order chi connectivity index (χ1) is 11.8. The lowest BCUT2D eigenvalue weighted by Gasteiger charge is -2.24. The van der Waals surface area contributed by atoms with Gasteiger partial charge < -0.3 is 0 Å². The topological polar surface area (TPSA) is 15.6 Å². The first-order valence-electron chi connectivity index (χ1n) is 8.04. The van der Waals surface area contributed by atoms with Crippen LogP contribution in [-0.4, -0.2) is 5.71 Å². The molecule has 0 spiro atoms. The lowest BCUT2D eigenvalue weighted by molar-refractivity contribution is 0.709. The summed E-state index contributed by atoms with van der Waals surface area (Å²) in [6, 6.07) is 28.9. The van der Waals surface area contributed by atoms with Gasteiger partial charge in [-0.2, -0.15) is 5.10 Å². The molecule has 1 atom stereocenters. The Bertz CT molecular complexity index is 859. The molecular formula is C21H17ClN2. The van der Waals surface area contributed by atoms with Gasteiger partial charge in [0.15, 0.2) is 0 Å². The van der Waals surface area contributed by atoms with E-state index in [4.69, 9.17) is 16.7 Å². The highest BCUT2D eigenvalue weighted by Gasteiger charge is 2.29. The quantitative estimate of drug-likeness (QED) is 0.601. The first-order valence-corrected chi connectivity index (χ1v) is 8.42. The molecular weight excluding hydrogens is 316 g/mol. The van der Waals surface area contributed by atoms with E-state index in [1.807, 2.05) is 30.3 Å². The predicted molar refractivity (Wildman–Crippen MR) is 101 cm³/mol. The van der Waals surface area contributed by atoms with Crippen molar-refractivity contribution in [3.63, 3.8) is 0 Å². The van der Waals surface area contributed by atoms with Gasteiger partial charge in [0.05, 0.1) is 17.4 Å². The molecule has 24 heavy (non-hydrogen) atoms. The summed E-state index contributed by atoms with van der Waals surface area (Å²) in [5, 5.41) is 7.73. The van der Waals surface area contributed by atoms with E-state index >= 15 is 0 Å². The van der Waals surface area contributed by atoms with Crippen LogP contribution < -0.4 is 5.01 Å². The normalized spacial score (nSPS) is 17.0. The van der Waals surface area contributed by atoms with Crippen LogP contribution in [0, 0.1) is 0 Å². The Labute approximate surface area is 147 Å². The van der Waals surface area contributed by atoms with Gasteiger partial charge in [0.25, 0.3) is 0 Å². The fraction of sp³-hybridized carbons (Fsp3) is 0.0952. The largest absolute Gasteiger partial charge is 0.257 e. The first kappa shape index (κ1) is 15.0. The number of rotatable bonds is 3. The second kappa shape index (κ2) is 6.50. The number of benzene rings is 3. The number of anilines is 1. The molecule has 3 aromatic rings. The number of halogens is 1. The van der Waals surface area contributed by atoms with Crippen molar-refractivity contribution in [2.45, 2.75) is 12.5 Å². The minimum absolute atomic E-state index is 0.180. The van der Waals surface area contributed by atoms with Crippen LogP contribution in [0.4, 0.5) is 5.69 Å². The summed E-state index contributed by atoms with van der Waals surface area (Å²) in [4.78, 5) is 0. The average molecular weight is 333 g/mol. The maximum absolute atomic E-state index is 6.20. The Morgan fingerprint density at radius 3 is 2.25 bits per heavy atom. The highest BCUT2D eigenvalue weighted by atomic mass is 35.5. The molecule has 0 N–H and O–H groups in total. The van der Waals surface area contributed by atoms with Crippen LogP contribution in [0.3, 0.4) is 0 Å². The molecule has 0 aromatic heterocycles. The zero-order valence-corrected chi connectivity index (χ0v) is 13.9. The third-order valence-corrected chi connectivity index (χ3v) is 4.51. The Hall–Kier alpha value is -2.58. The van der Waals surface area contributed by atoms with E-state index in [0.29, 0.717) is 0 Å². The van der Waals surface area contributed by atoms with Crippen LogP contribution in [0.5, 0.6) is 0 Å². The SMILES string of the molecule is Clc1cccc(N2N=C(c3ccccc3)C[C@@H]2c2ccccc2)c1. The Morgan fingerprint density at radius 1 is 0.833 bits per heavy atom. The van der Waals surface area contributed by atoms with E-state index in [2.05, 4.69) is 59.6 Å². The summed E-state index contributed by atoms with van der Waals surface area (Å²) >= 11 is 6.20. The molecule has 1 aliphatic rings. The van der Waals surface area contributed by atoms with Crippen LogP contribution >= 0.6 is 11.6 Å². The van der Waals surface area contributed by atoms with E-state index in [0.717, 1.165) is 22.8 Å². The van der Waals surface area contributed by atoms with Crippen LogP contribution in [-0.2, 0) is 0 Å². The van der Waals surface area contributed by atoms with Crippen molar-refractivity contribution in [3.8, 4) is 0 Å². The summed E-state index contributed by atoms with van der Waals surface area (Å²) in [5.74, 6) is 0. The molecule has 0 unspecified atom stereocenters. The Balaban J connectivity index is 1.77. The van der Waals surface area contributed by atoms with Gasteiger partial charge in [-0.05, 0) is 29.3 Å². The molecule has 118 valence electrons. The summed E-state index contributed by atoms with van der Waals surface area (Å²) < 4.78 is 0. The lowest BCUT2D eigenvalue weighted by atomic mass is 9.98. The number of hydrogen-bond acceptors (Lipinski definition) is 2. The molecule has 0 aliphatic carbocycles. The number of nitrogens with zero attached hydrogens (tertiary/aromatic N) is 2. The Kier molecular flexibility index (Phi) is 4.06. The second-order valence-corrected chi connectivity index (χ2v) is 6.30. The maximum Gasteiger partial charge on any atom is 0.0831 e. The summed E-state index contributed by atoms with van der Waals surface area (Å²) in [5.41, 5.74) is 4.54. The van der Waals surface area contributed by atoms with Crippen molar-refractivity contribution >= 4 is 23.0 Å². The number of hydrogen-bond donors (Lipinski definition) is 0. The molecule has 2 nitrogen and oxygen atoms in total. The highest BCUT2D eigenvalue weighted by molar-refractivity contribution is 6.30. The van der Waals surface area contributed by atoms with Gasteiger partial charge in [-0.3, -0.25) is 5.01 Å². The number of hydrazone groups is 1. The van der Waals surface area contributed by atoms with Crippen LogP contribution in [0.25, 0.3) is 0 Å². The molecule has 1 heterocycles. The van der Waals surface area contributed by atoms with E-state index < -0.39 is 0 Å². The van der Waals surface area contributed by atoms with Crippen LogP contribution in [0.15, 0.2) is 90.0 Å². The van der Waals surface area contributed by atoms with Gasteiger partial charge in [-0.25, -0.2) is 0 Å². The van der Waals surface area contributed by atoms with Crippen molar-refractivity contribution in [2.75, 3.05) is 5.01 Å². The molecule has 0 radical (unpaired) electrons. The maximum atomic E-state index is 6.20. The van der Waals surface area contributed by atoms with Gasteiger partial charge in [0.2, 0.25) is 0 Å². The average Bonchev–Trinajstić information content (AvgIpc) is 3.09. The Morgan fingerprint density at radius 2 is 1.54 bits per heavy atom. The van der Waals surface area contributed by atoms with Gasteiger partial charge in [-0.15, -0.1) is 0 Å². The van der Waals surface area contributed by atoms with Gasteiger partial charge >= 0.3 is 0 Å². The molecule has 3 heteroatoms. The molecule has 0 saturated heterocycles. The third kappa shape index (κ3) is 2.93. The van der Waals surface area contributed by atoms with Crippen LogP contribution in [0.1, 0.15) is 23.6 Å². The molecule has 0 bridgehead atoms. The second-order valence-electron chi connectivity index (χ2n) is 5.87. The molecule has 0 saturated carbocycles. The standard InChI is InChI=1S/C21H17ClN2/c22-18-12-7-13-19(14-18)24-21(17-10-5-2-6-11-17)15-20(23-24)16-8-3-1-4-9-16/h1-14,21H,15H2/t21-/m1/s1. The zero-order valence-electron chi connectivity index (χ0n) is 13.1. The minimum atomic E-state index is 0.180. The monoisotopic (exact) mass is 332 g/mol. The molecule has 0 amide bonds. The third-order valence-electron chi connectivity index (χ3n) is 4.27. The van der Waals surface area contributed by atoms with Gasteiger partial charge in [0, 0.05) is 11.4 Å². The molecule has 0 fully saturated rings. The highest BCUT2D eigenvalue weighted by Crippen LogP contribution is 2.37. The van der Waals surface area contributed by atoms with E-state index in [9.17, 15) is 0 Å². The summed E-state index contributed by atoms with van der Waals surface area (Å²) in [7, 11) is 0. The van der Waals surface area contributed by atoms with Crippen molar-refractivity contribution in [2.24, 2.45) is 5.10 Å². The minimum Gasteiger partial charge on any atom is -0.257 e. The molecule has 4 rings (SSSR count). The summed E-state index contributed by atoms with van der Waals surface area (Å²) in [6.45, 7) is 0. The summed E-state index contributed by atoms with van der Waals surface area (Å²) in [6.07, 6.45) is 0.876. The van der Waals surface area contributed by atoms with Crippen LogP contribution in [0.2, 0.25) is 5.02 Å². The van der Waals surface area contributed by atoms with Gasteiger partial charge in [0.1, 0.15) is 0 Å². The fourth-order valence-corrected chi connectivity index (χ4v) is 3.29. The lowest BCUT2D eigenvalue weighted by Crippen LogP contribution is -2.18. The predicted octanol–water partition coefficient (Wildman–Crippen LogP) is 5.70. The van der Waals surface area contributed by atoms with E-state index in [1.165, 1.54) is 11.1 Å². The molecule has 1 aliphatic heterocycles. The van der Waals surface area contributed by atoms with Crippen molar-refractivity contribution < 1.29 is 0 Å². The van der Waals surface area contributed by atoms with Gasteiger partial charge in [-0.1, -0.05) is 78.3 Å². The van der Waals surface area contributed by atoms with Crippen molar-refractivity contribution in [3.05, 3.63) is 101 Å².